The molecule has 0 saturated carbocycles. The van der Waals surface area contributed by atoms with Crippen LogP contribution in [0.15, 0.2) is 72.4 Å². The second kappa shape index (κ2) is 6.50. The number of phenols is 1. The minimum atomic E-state index is -1.18. The number of hydrogen-bond acceptors (Lipinski definition) is 4. The molecule has 1 unspecified atom stereocenters. The largest absolute Gasteiger partial charge is 0.507 e. The highest BCUT2D eigenvalue weighted by molar-refractivity contribution is 5.91. The number of nitrogens with zero attached hydrogens (tertiary/aromatic N) is 2. The Bertz CT molecular complexity index is 1120. The molecule has 0 bridgehead atoms. The minimum absolute atomic E-state index is 0.0950. The second-order valence-corrected chi connectivity index (χ2v) is 6.48. The van der Waals surface area contributed by atoms with E-state index in [2.05, 4.69) is 12.1 Å². The molecule has 5 heteroatoms. The van der Waals surface area contributed by atoms with E-state index < -0.39 is 5.97 Å². The number of nitriles is 1. The number of rotatable bonds is 3. The van der Waals surface area contributed by atoms with Crippen molar-refractivity contribution in [3.05, 3.63) is 83.6 Å². The first-order chi connectivity index (χ1) is 13.1. The summed E-state index contributed by atoms with van der Waals surface area (Å²) < 4.78 is 0. The van der Waals surface area contributed by atoms with Crippen LogP contribution in [-0.4, -0.2) is 22.7 Å². The molecule has 4 rings (SSSR count). The average Bonchev–Trinajstić information content (AvgIpc) is 3.11. The molecule has 0 aliphatic carbocycles. The number of hydrogen-bond donors (Lipinski definition) is 2. The van der Waals surface area contributed by atoms with Crippen LogP contribution in [0.1, 0.15) is 21.8 Å². The smallest absolute Gasteiger partial charge is 0.339 e. The van der Waals surface area contributed by atoms with Crippen LogP contribution in [0.2, 0.25) is 0 Å². The van der Waals surface area contributed by atoms with Crippen LogP contribution in [0.25, 0.3) is 10.8 Å². The summed E-state index contributed by atoms with van der Waals surface area (Å²) in [5, 5.41) is 30.9. The van der Waals surface area contributed by atoms with Crippen LogP contribution in [0.4, 0.5) is 5.69 Å². The number of carboxylic acids is 1. The van der Waals surface area contributed by atoms with Gasteiger partial charge in [0.1, 0.15) is 11.3 Å². The molecule has 0 radical (unpaired) electrons. The van der Waals surface area contributed by atoms with E-state index in [4.69, 9.17) is 5.11 Å². The number of anilines is 1. The summed E-state index contributed by atoms with van der Waals surface area (Å²) in [6.45, 7) is 0.544. The summed E-state index contributed by atoms with van der Waals surface area (Å²) in [6.07, 6.45) is 1.77. The summed E-state index contributed by atoms with van der Waals surface area (Å²) >= 11 is 0. The van der Waals surface area contributed by atoms with Gasteiger partial charge in [-0.25, -0.2) is 4.79 Å². The maximum absolute atomic E-state index is 11.1. The molecule has 27 heavy (non-hydrogen) atoms. The molecule has 1 aliphatic rings. The van der Waals surface area contributed by atoms with Crippen molar-refractivity contribution in [3.8, 4) is 11.8 Å². The Morgan fingerprint density at radius 3 is 2.63 bits per heavy atom. The predicted octanol–water partition coefficient (Wildman–Crippen LogP) is 4.25. The monoisotopic (exact) mass is 356 g/mol. The fraction of sp³-hybridized carbons (Fsp3) is 0.0909. The molecule has 3 aromatic rings. The number of carboxylic acid groups (broad SMARTS) is 1. The third-order valence-electron chi connectivity index (χ3n) is 4.92. The quantitative estimate of drug-likeness (QED) is 0.733. The molecule has 0 fully saturated rings. The van der Waals surface area contributed by atoms with Crippen molar-refractivity contribution < 1.29 is 15.0 Å². The Labute approximate surface area is 156 Å². The zero-order valence-corrected chi connectivity index (χ0v) is 14.3. The average molecular weight is 356 g/mol. The second-order valence-electron chi connectivity index (χ2n) is 6.48. The lowest BCUT2D eigenvalue weighted by Gasteiger charge is -2.20. The van der Waals surface area contributed by atoms with Crippen LogP contribution < -0.4 is 4.90 Å². The van der Waals surface area contributed by atoms with E-state index in [-0.39, 0.29) is 17.2 Å². The Morgan fingerprint density at radius 1 is 1.11 bits per heavy atom. The van der Waals surface area contributed by atoms with Crippen molar-refractivity contribution in [2.45, 2.75) is 5.92 Å². The molecule has 1 aliphatic heterocycles. The molecule has 0 spiro atoms. The molecule has 0 aromatic heterocycles. The van der Waals surface area contributed by atoms with Crippen molar-refractivity contribution in [2.75, 3.05) is 11.4 Å². The Hall–Kier alpha value is -3.78. The van der Waals surface area contributed by atoms with Crippen molar-refractivity contribution in [2.24, 2.45) is 0 Å². The van der Waals surface area contributed by atoms with Crippen LogP contribution in [0.3, 0.4) is 0 Å². The molecule has 0 saturated heterocycles. The predicted molar refractivity (Wildman–Crippen MR) is 103 cm³/mol. The highest BCUT2D eigenvalue weighted by Crippen LogP contribution is 2.38. The van der Waals surface area contributed by atoms with Gasteiger partial charge >= 0.3 is 5.97 Å². The number of fused-ring (bicyclic) bond motifs is 1. The lowest BCUT2D eigenvalue weighted by molar-refractivity contribution is 0.0694. The van der Waals surface area contributed by atoms with Gasteiger partial charge < -0.3 is 15.1 Å². The van der Waals surface area contributed by atoms with Crippen molar-refractivity contribution >= 4 is 22.4 Å². The van der Waals surface area contributed by atoms with Crippen LogP contribution in [-0.2, 0) is 0 Å². The van der Waals surface area contributed by atoms with E-state index >= 15 is 0 Å². The zero-order chi connectivity index (χ0) is 19.0. The molecule has 1 heterocycles. The van der Waals surface area contributed by atoms with E-state index in [1.54, 1.807) is 12.3 Å². The number of carbonyl (C=O) groups is 1. The Balaban J connectivity index is 1.73. The maximum Gasteiger partial charge on any atom is 0.339 e. The van der Waals surface area contributed by atoms with Gasteiger partial charge in [0.15, 0.2) is 0 Å². The van der Waals surface area contributed by atoms with E-state index in [1.165, 1.54) is 12.1 Å². The molecule has 0 amide bonds. The van der Waals surface area contributed by atoms with Gasteiger partial charge in [-0.1, -0.05) is 42.5 Å². The number of aromatic carboxylic acids is 1. The first kappa shape index (κ1) is 16.7. The highest BCUT2D eigenvalue weighted by Gasteiger charge is 2.28. The van der Waals surface area contributed by atoms with Gasteiger partial charge in [-0.15, -0.1) is 0 Å². The standard InChI is InChI=1S/C22H16N2O3/c23-11-15-12-24(16-8-9-19(22(26)27)21(25)10-16)13-20(15)18-7-3-5-14-4-1-2-6-17(14)18/h1-10,12,20,25H,13H2,(H,26,27). The molecule has 5 nitrogen and oxygen atoms in total. The molecule has 2 N–H and O–H groups in total. The van der Waals surface area contributed by atoms with Crippen LogP contribution in [0.5, 0.6) is 5.75 Å². The van der Waals surface area contributed by atoms with Gasteiger partial charge in [0.05, 0.1) is 11.6 Å². The van der Waals surface area contributed by atoms with E-state index in [9.17, 15) is 15.2 Å². The lowest BCUT2D eigenvalue weighted by atomic mass is 9.90. The lowest BCUT2D eigenvalue weighted by Crippen LogP contribution is -2.17. The van der Waals surface area contributed by atoms with Crippen LogP contribution in [0, 0.1) is 11.3 Å². The van der Waals surface area contributed by atoms with E-state index in [0.29, 0.717) is 17.8 Å². The van der Waals surface area contributed by atoms with Gasteiger partial charge in [0.25, 0.3) is 0 Å². The molecular formula is C22H16N2O3. The topological polar surface area (TPSA) is 84.6 Å². The van der Waals surface area contributed by atoms with Gasteiger partial charge in [0, 0.05) is 30.4 Å². The Morgan fingerprint density at radius 2 is 1.89 bits per heavy atom. The summed E-state index contributed by atoms with van der Waals surface area (Å²) in [5.74, 6) is -1.56. The van der Waals surface area contributed by atoms with Gasteiger partial charge in [-0.3, -0.25) is 0 Å². The minimum Gasteiger partial charge on any atom is -0.507 e. The normalized spacial score (nSPS) is 16.2. The molecule has 132 valence electrons. The summed E-state index contributed by atoms with van der Waals surface area (Å²) in [4.78, 5) is 13.0. The molecule has 1 atom stereocenters. The molecular weight excluding hydrogens is 340 g/mol. The van der Waals surface area contributed by atoms with Gasteiger partial charge in [-0.2, -0.15) is 5.26 Å². The fourth-order valence-electron chi connectivity index (χ4n) is 3.59. The van der Waals surface area contributed by atoms with Gasteiger partial charge in [-0.05, 0) is 28.5 Å². The van der Waals surface area contributed by atoms with Gasteiger partial charge in [0.2, 0.25) is 0 Å². The van der Waals surface area contributed by atoms with E-state index in [0.717, 1.165) is 16.3 Å². The molecule has 3 aromatic carbocycles. The van der Waals surface area contributed by atoms with Crippen LogP contribution >= 0.6 is 0 Å². The first-order valence-corrected chi connectivity index (χ1v) is 8.51. The summed E-state index contributed by atoms with van der Waals surface area (Å²) in [5.41, 5.74) is 2.21. The van der Waals surface area contributed by atoms with Crippen molar-refractivity contribution in [1.82, 2.24) is 0 Å². The number of benzene rings is 3. The third kappa shape index (κ3) is 2.87. The fourth-order valence-corrected chi connectivity index (χ4v) is 3.59. The maximum atomic E-state index is 11.1. The SMILES string of the molecule is N#CC1=CN(c2ccc(C(=O)O)c(O)c2)CC1c1cccc2ccccc12. The van der Waals surface area contributed by atoms with E-state index in [1.807, 2.05) is 41.3 Å². The Kier molecular flexibility index (Phi) is 4.02. The number of aromatic hydroxyl groups is 1. The highest BCUT2D eigenvalue weighted by atomic mass is 16.4. The van der Waals surface area contributed by atoms with Crippen molar-refractivity contribution in [3.63, 3.8) is 0 Å². The first-order valence-electron chi connectivity index (χ1n) is 8.51. The summed E-state index contributed by atoms with van der Waals surface area (Å²) in [7, 11) is 0. The van der Waals surface area contributed by atoms with Crippen molar-refractivity contribution in [1.29, 1.82) is 5.26 Å². The third-order valence-corrected chi connectivity index (χ3v) is 4.92. The summed E-state index contributed by atoms with van der Waals surface area (Å²) in [6, 6.07) is 20.8. The zero-order valence-electron chi connectivity index (χ0n) is 14.3.